The fourth-order valence-electron chi connectivity index (χ4n) is 2.06. The Morgan fingerprint density at radius 3 is 2.57 bits per heavy atom. The summed E-state index contributed by atoms with van der Waals surface area (Å²) in [6, 6.07) is 9.07. The number of Topliss-reactive ketones (excluding diaryl/α,β-unsaturated/α-hetero) is 1. The molecule has 0 spiro atoms. The van der Waals surface area contributed by atoms with E-state index in [9.17, 15) is 9.59 Å². The third-order valence-electron chi connectivity index (χ3n) is 3.35. The number of hydrogen-bond donors (Lipinski definition) is 0. The Bertz CT molecular complexity index is 427. The first-order valence-corrected chi connectivity index (χ1v) is 7.35. The summed E-state index contributed by atoms with van der Waals surface area (Å²) in [5.74, 6) is -0.0612. The lowest BCUT2D eigenvalue weighted by molar-refractivity contribution is -0.139. The smallest absolute Gasteiger partial charge is 0.293 e. The van der Waals surface area contributed by atoms with Crippen molar-refractivity contribution < 1.29 is 14.3 Å². The van der Waals surface area contributed by atoms with Gasteiger partial charge in [-0.1, -0.05) is 50.1 Å². The van der Waals surface area contributed by atoms with Crippen LogP contribution < -0.4 is 0 Å². The molecule has 0 aliphatic rings. The number of ether oxygens (including phenoxy) is 1. The molecule has 1 atom stereocenters. The molecule has 0 aliphatic carbocycles. The van der Waals surface area contributed by atoms with Gasteiger partial charge in [0.05, 0.1) is 0 Å². The van der Waals surface area contributed by atoms with E-state index in [-0.39, 0.29) is 5.78 Å². The van der Waals surface area contributed by atoms with Crippen molar-refractivity contribution in [2.24, 2.45) is 0 Å². The normalized spacial score (nSPS) is 13.4. The molecule has 1 aromatic carbocycles. The third-order valence-corrected chi connectivity index (χ3v) is 3.35. The lowest BCUT2D eigenvalue weighted by atomic mass is 9.91. The number of benzene rings is 1. The van der Waals surface area contributed by atoms with E-state index in [1.165, 1.54) is 6.42 Å². The minimum absolute atomic E-state index is 0.0612. The standard InChI is InChI=1S/C18H23O3/c1-3-4-8-13-18(2,21-15-19)14-9-12-17(20)16-10-6-5-7-11-16/h5-7,9-12,14-15H,3-4,8,13H2,1-2H3/t18-/m1/s1. The maximum atomic E-state index is 11.9. The highest BCUT2D eigenvalue weighted by atomic mass is 16.5. The van der Waals surface area contributed by atoms with Crippen LogP contribution in [0.3, 0.4) is 0 Å². The van der Waals surface area contributed by atoms with E-state index in [0.717, 1.165) is 25.7 Å². The highest BCUT2D eigenvalue weighted by molar-refractivity contribution is 6.03. The van der Waals surface area contributed by atoms with Crippen molar-refractivity contribution in [3.8, 4) is 0 Å². The molecule has 0 amide bonds. The van der Waals surface area contributed by atoms with Crippen molar-refractivity contribution in [1.29, 1.82) is 0 Å². The Balaban J connectivity index is 2.42. The van der Waals surface area contributed by atoms with Gasteiger partial charge in [-0.2, -0.15) is 0 Å². The fraction of sp³-hybridized carbons (Fsp3) is 0.389. The van der Waals surface area contributed by atoms with E-state index in [2.05, 4.69) is 6.92 Å². The summed E-state index contributed by atoms with van der Waals surface area (Å²) >= 11 is 0. The Morgan fingerprint density at radius 1 is 1.24 bits per heavy atom. The predicted molar refractivity (Wildman–Crippen MR) is 83.4 cm³/mol. The van der Waals surface area contributed by atoms with Crippen molar-refractivity contribution in [3.05, 3.63) is 55.2 Å². The number of ketones is 1. The van der Waals surface area contributed by atoms with Crippen molar-refractivity contribution in [2.75, 3.05) is 0 Å². The van der Waals surface area contributed by atoms with Crippen molar-refractivity contribution in [2.45, 2.75) is 45.1 Å². The summed E-state index contributed by atoms with van der Waals surface area (Å²) in [7, 11) is 0. The van der Waals surface area contributed by atoms with Gasteiger partial charge in [0.15, 0.2) is 5.78 Å². The highest BCUT2D eigenvalue weighted by Gasteiger charge is 2.25. The molecular formula is C18H23O3. The average Bonchev–Trinajstić information content (AvgIpc) is 2.48. The van der Waals surface area contributed by atoms with E-state index in [0.29, 0.717) is 12.0 Å². The van der Waals surface area contributed by atoms with Gasteiger partial charge in [0.2, 0.25) is 0 Å². The third kappa shape index (κ3) is 6.56. The molecule has 0 bridgehead atoms. The van der Waals surface area contributed by atoms with Crippen LogP contribution in [0.25, 0.3) is 0 Å². The number of carbonyl (C=O) groups excluding carboxylic acids is 2. The molecule has 1 aromatic rings. The van der Waals surface area contributed by atoms with Crippen molar-refractivity contribution in [1.82, 2.24) is 0 Å². The molecule has 3 heteroatoms. The van der Waals surface area contributed by atoms with E-state index in [1.807, 2.05) is 25.1 Å². The van der Waals surface area contributed by atoms with E-state index in [1.54, 1.807) is 25.0 Å². The minimum Gasteiger partial charge on any atom is -0.461 e. The Morgan fingerprint density at radius 2 is 1.95 bits per heavy atom. The second kappa shape index (κ2) is 9.32. The molecule has 0 N–H and O–H groups in total. The summed E-state index contributed by atoms with van der Waals surface area (Å²) in [5, 5.41) is 0. The van der Waals surface area contributed by atoms with Gasteiger partial charge in [-0.05, 0) is 26.2 Å². The van der Waals surface area contributed by atoms with Crippen LogP contribution in [0, 0.1) is 19.3 Å². The number of rotatable bonds is 11. The summed E-state index contributed by atoms with van der Waals surface area (Å²) in [5.41, 5.74) is -0.00385. The first-order chi connectivity index (χ1) is 10.1. The van der Waals surface area contributed by atoms with Gasteiger partial charge >= 0.3 is 0 Å². The maximum absolute atomic E-state index is 11.9. The van der Waals surface area contributed by atoms with Crippen LogP contribution >= 0.6 is 0 Å². The second-order valence-corrected chi connectivity index (χ2v) is 5.24. The number of carbonyl (C=O) groups is 2. The SMILES string of the molecule is CCCCC[C@](C)([CH][CH][CH]C(=O)c1ccccc1)OC=O. The first kappa shape index (κ1) is 17.4. The van der Waals surface area contributed by atoms with Gasteiger partial charge in [-0.3, -0.25) is 9.59 Å². The average molecular weight is 287 g/mol. The van der Waals surface area contributed by atoms with Crippen molar-refractivity contribution in [3.63, 3.8) is 0 Å². The monoisotopic (exact) mass is 287 g/mol. The molecule has 0 aromatic heterocycles. The molecule has 0 fully saturated rings. The Hall–Kier alpha value is -1.64. The number of hydrogen-bond acceptors (Lipinski definition) is 3. The van der Waals surface area contributed by atoms with Crippen LogP contribution in [-0.2, 0) is 9.53 Å². The van der Waals surface area contributed by atoms with E-state index < -0.39 is 5.60 Å². The molecule has 3 radical (unpaired) electrons. The van der Waals surface area contributed by atoms with E-state index in [4.69, 9.17) is 4.74 Å². The first-order valence-electron chi connectivity index (χ1n) is 7.35. The molecule has 0 saturated heterocycles. The van der Waals surface area contributed by atoms with Crippen LogP contribution in [0.4, 0.5) is 0 Å². The van der Waals surface area contributed by atoms with Gasteiger partial charge < -0.3 is 4.74 Å². The molecule has 0 heterocycles. The summed E-state index contributed by atoms with van der Waals surface area (Å²) < 4.78 is 5.16. The second-order valence-electron chi connectivity index (χ2n) is 5.24. The zero-order chi connectivity index (χ0) is 15.6. The van der Waals surface area contributed by atoms with Crippen LogP contribution in [0.1, 0.15) is 49.9 Å². The van der Waals surface area contributed by atoms with E-state index >= 15 is 0 Å². The summed E-state index contributed by atoms with van der Waals surface area (Å²) in [6.07, 6.45) is 8.89. The molecule has 0 unspecified atom stereocenters. The van der Waals surface area contributed by atoms with Crippen molar-refractivity contribution >= 4 is 12.3 Å². The molecule has 0 saturated carbocycles. The lowest BCUT2D eigenvalue weighted by Gasteiger charge is -2.27. The van der Waals surface area contributed by atoms with Gasteiger partial charge in [0, 0.05) is 18.4 Å². The molecule has 3 nitrogen and oxygen atoms in total. The van der Waals surface area contributed by atoms with Gasteiger partial charge in [0.25, 0.3) is 6.47 Å². The Kier molecular flexibility index (Phi) is 7.73. The summed E-state index contributed by atoms with van der Waals surface area (Å²) in [6.45, 7) is 4.45. The maximum Gasteiger partial charge on any atom is 0.293 e. The summed E-state index contributed by atoms with van der Waals surface area (Å²) in [4.78, 5) is 22.6. The zero-order valence-electron chi connectivity index (χ0n) is 12.7. The molecule has 113 valence electrons. The molecule has 1 rings (SSSR count). The quantitative estimate of drug-likeness (QED) is 0.351. The van der Waals surface area contributed by atoms with Crippen LogP contribution in [-0.4, -0.2) is 17.9 Å². The zero-order valence-corrected chi connectivity index (χ0v) is 12.7. The largest absolute Gasteiger partial charge is 0.461 e. The molecule has 21 heavy (non-hydrogen) atoms. The highest BCUT2D eigenvalue weighted by Crippen LogP contribution is 2.24. The number of unbranched alkanes of at least 4 members (excludes halogenated alkanes) is 2. The predicted octanol–water partition coefficient (Wildman–Crippen LogP) is 3.99. The van der Waals surface area contributed by atoms with Gasteiger partial charge in [0.1, 0.15) is 5.60 Å². The van der Waals surface area contributed by atoms with Gasteiger partial charge in [-0.15, -0.1) is 0 Å². The van der Waals surface area contributed by atoms with Crippen LogP contribution in [0.2, 0.25) is 0 Å². The lowest BCUT2D eigenvalue weighted by Crippen LogP contribution is -2.29. The topological polar surface area (TPSA) is 43.4 Å². The van der Waals surface area contributed by atoms with Crippen LogP contribution in [0.15, 0.2) is 30.3 Å². The van der Waals surface area contributed by atoms with Gasteiger partial charge in [-0.25, -0.2) is 0 Å². The Labute approximate surface area is 127 Å². The fourth-order valence-corrected chi connectivity index (χ4v) is 2.06. The molecular weight excluding hydrogens is 264 g/mol. The minimum atomic E-state index is -0.648. The molecule has 0 aliphatic heterocycles. The van der Waals surface area contributed by atoms with Crippen LogP contribution in [0.5, 0.6) is 0 Å².